The van der Waals surface area contributed by atoms with E-state index < -0.39 is 0 Å². The molecule has 0 aromatic carbocycles. The molecule has 30 heavy (non-hydrogen) atoms. The number of allylic oxidation sites excluding steroid dienone is 2. The molecule has 5 unspecified atom stereocenters. The minimum absolute atomic E-state index is 0.0428. The first kappa shape index (κ1) is 22.9. The van der Waals surface area contributed by atoms with Crippen molar-refractivity contribution in [2.45, 2.75) is 112 Å². The normalized spacial score (nSPS) is 46.4. The number of rotatable bonds is 5. The monoisotopic (exact) mass is 414 g/mol. The molecule has 10 atom stereocenters. The van der Waals surface area contributed by atoms with E-state index in [1.165, 1.54) is 44.9 Å². The van der Waals surface area contributed by atoms with Crippen molar-refractivity contribution in [1.29, 1.82) is 0 Å². The minimum atomic E-state index is -0.0428. The van der Waals surface area contributed by atoms with Crippen molar-refractivity contribution in [2.75, 3.05) is 0 Å². The van der Waals surface area contributed by atoms with Gasteiger partial charge in [0, 0.05) is 0 Å². The zero-order chi connectivity index (χ0) is 21.8. The minimum Gasteiger partial charge on any atom is -0.393 e. The van der Waals surface area contributed by atoms with Crippen LogP contribution in [0.5, 0.6) is 0 Å². The molecule has 3 fully saturated rings. The predicted octanol–water partition coefficient (Wildman–Crippen LogP) is 7.88. The van der Waals surface area contributed by atoms with Crippen molar-refractivity contribution in [3.05, 3.63) is 11.6 Å². The summed E-state index contributed by atoms with van der Waals surface area (Å²) in [7, 11) is 0. The molecule has 0 bridgehead atoms. The van der Waals surface area contributed by atoms with Gasteiger partial charge in [-0.2, -0.15) is 0 Å². The number of aliphatic hydroxyl groups excluding tert-OH is 1. The summed E-state index contributed by atoms with van der Waals surface area (Å²) in [5.41, 5.74) is 2.85. The molecule has 0 saturated heterocycles. The van der Waals surface area contributed by atoms with Gasteiger partial charge in [0.1, 0.15) is 0 Å². The van der Waals surface area contributed by atoms with Crippen LogP contribution in [0.25, 0.3) is 0 Å². The fraction of sp³-hybridized carbons (Fsp3) is 0.931. The summed E-state index contributed by atoms with van der Waals surface area (Å²) < 4.78 is 0. The summed E-state index contributed by atoms with van der Waals surface area (Å²) >= 11 is 0. The molecule has 0 heterocycles. The molecule has 0 radical (unpaired) electrons. The lowest BCUT2D eigenvalue weighted by atomic mass is 9.47. The smallest absolute Gasteiger partial charge is 0.0543 e. The average Bonchev–Trinajstić information content (AvgIpc) is 3.05. The standard InChI is InChI=1S/C29H50O/c1-18(2)21(5)19(3)16-20(4)25-10-11-26-24-9-8-22-17-23(30)12-14-28(22,6)27(24)13-15-29(25,26)7/h9,18-23,25-27,30H,8,10-17H2,1-7H3/t19?,20-,21?,22?,23+,25-,26?,27?,28+,29-/m1/s1. The van der Waals surface area contributed by atoms with E-state index in [4.69, 9.17) is 0 Å². The van der Waals surface area contributed by atoms with Crippen LogP contribution < -0.4 is 0 Å². The molecule has 4 aliphatic carbocycles. The highest BCUT2D eigenvalue weighted by atomic mass is 16.3. The predicted molar refractivity (Wildman–Crippen MR) is 128 cm³/mol. The molecular weight excluding hydrogens is 364 g/mol. The van der Waals surface area contributed by atoms with Gasteiger partial charge >= 0.3 is 0 Å². The van der Waals surface area contributed by atoms with Gasteiger partial charge in [0.25, 0.3) is 0 Å². The molecule has 4 aliphatic rings. The van der Waals surface area contributed by atoms with E-state index in [1.54, 1.807) is 0 Å². The topological polar surface area (TPSA) is 20.2 Å². The highest BCUT2D eigenvalue weighted by Crippen LogP contribution is 2.67. The molecule has 0 aromatic rings. The maximum atomic E-state index is 10.3. The van der Waals surface area contributed by atoms with Gasteiger partial charge < -0.3 is 5.11 Å². The van der Waals surface area contributed by atoms with Gasteiger partial charge in [0.05, 0.1) is 6.10 Å². The summed E-state index contributed by atoms with van der Waals surface area (Å²) in [4.78, 5) is 0. The fourth-order valence-electron chi connectivity index (χ4n) is 9.09. The van der Waals surface area contributed by atoms with Crippen molar-refractivity contribution in [3.63, 3.8) is 0 Å². The highest BCUT2D eigenvalue weighted by molar-refractivity contribution is 5.27. The number of aliphatic hydroxyl groups is 1. The van der Waals surface area contributed by atoms with E-state index in [9.17, 15) is 5.11 Å². The summed E-state index contributed by atoms with van der Waals surface area (Å²) in [6.07, 6.45) is 14.3. The number of fused-ring (bicyclic) bond motifs is 5. The Labute approximate surface area is 187 Å². The molecule has 0 aromatic heterocycles. The summed E-state index contributed by atoms with van der Waals surface area (Å²) in [6.45, 7) is 17.6. The van der Waals surface area contributed by atoms with E-state index >= 15 is 0 Å². The lowest BCUT2D eigenvalue weighted by molar-refractivity contribution is -0.0432. The first-order valence-corrected chi connectivity index (χ1v) is 13.5. The lowest BCUT2D eigenvalue weighted by Gasteiger charge is -2.57. The highest BCUT2D eigenvalue weighted by Gasteiger charge is 2.58. The Morgan fingerprint density at radius 2 is 1.60 bits per heavy atom. The largest absolute Gasteiger partial charge is 0.393 e. The van der Waals surface area contributed by atoms with Gasteiger partial charge in [-0.25, -0.2) is 0 Å². The van der Waals surface area contributed by atoms with Crippen LogP contribution in [0.2, 0.25) is 0 Å². The third-order valence-electron chi connectivity index (χ3n) is 11.5. The molecular formula is C29H50O. The second-order valence-corrected chi connectivity index (χ2v) is 13.2. The third kappa shape index (κ3) is 3.64. The average molecular weight is 415 g/mol. The van der Waals surface area contributed by atoms with Gasteiger partial charge in [0.15, 0.2) is 0 Å². The second-order valence-electron chi connectivity index (χ2n) is 13.2. The van der Waals surface area contributed by atoms with Crippen LogP contribution in [0.1, 0.15) is 106 Å². The first-order chi connectivity index (χ1) is 14.1. The fourth-order valence-corrected chi connectivity index (χ4v) is 9.09. The van der Waals surface area contributed by atoms with Crippen molar-refractivity contribution in [3.8, 4) is 0 Å². The third-order valence-corrected chi connectivity index (χ3v) is 11.5. The van der Waals surface area contributed by atoms with Crippen molar-refractivity contribution in [2.24, 2.45) is 58.2 Å². The molecule has 0 aliphatic heterocycles. The van der Waals surface area contributed by atoms with E-state index in [2.05, 4.69) is 54.5 Å². The Hall–Kier alpha value is -0.300. The van der Waals surface area contributed by atoms with Crippen LogP contribution in [-0.4, -0.2) is 11.2 Å². The Morgan fingerprint density at radius 3 is 2.30 bits per heavy atom. The molecule has 1 heteroatoms. The van der Waals surface area contributed by atoms with Gasteiger partial charge in [-0.05, 0) is 116 Å². The summed E-state index contributed by atoms with van der Waals surface area (Å²) in [6, 6.07) is 0. The van der Waals surface area contributed by atoms with Crippen LogP contribution in [0.3, 0.4) is 0 Å². The van der Waals surface area contributed by atoms with Gasteiger partial charge in [-0.15, -0.1) is 0 Å². The Morgan fingerprint density at radius 1 is 0.933 bits per heavy atom. The molecule has 3 saturated carbocycles. The van der Waals surface area contributed by atoms with Crippen LogP contribution in [0, 0.1) is 58.2 Å². The first-order valence-electron chi connectivity index (χ1n) is 13.5. The Bertz CT molecular complexity index is 649. The van der Waals surface area contributed by atoms with E-state index in [0.29, 0.717) is 16.7 Å². The Balaban J connectivity index is 1.51. The summed E-state index contributed by atoms with van der Waals surface area (Å²) in [5.74, 6) is 6.57. The molecule has 0 spiro atoms. The number of hydrogen-bond acceptors (Lipinski definition) is 1. The quantitative estimate of drug-likeness (QED) is 0.454. The summed E-state index contributed by atoms with van der Waals surface area (Å²) in [5, 5.41) is 10.3. The number of hydrogen-bond donors (Lipinski definition) is 1. The SMILES string of the molecule is CC(C)C(C)C(C)C[C@@H](C)[C@H]1CCC2C3=CCC4C[C@@H](O)CC[C@]4(C)C3CC[C@@]21C. The Kier molecular flexibility index (Phi) is 6.28. The van der Waals surface area contributed by atoms with E-state index in [-0.39, 0.29) is 6.10 Å². The maximum Gasteiger partial charge on any atom is 0.0543 e. The zero-order valence-corrected chi connectivity index (χ0v) is 21.1. The molecule has 172 valence electrons. The van der Waals surface area contributed by atoms with Crippen LogP contribution in [-0.2, 0) is 0 Å². The van der Waals surface area contributed by atoms with Gasteiger partial charge in [-0.1, -0.05) is 60.1 Å². The molecule has 0 amide bonds. The zero-order valence-electron chi connectivity index (χ0n) is 21.1. The van der Waals surface area contributed by atoms with Crippen LogP contribution >= 0.6 is 0 Å². The maximum absolute atomic E-state index is 10.3. The van der Waals surface area contributed by atoms with Gasteiger partial charge in [0.2, 0.25) is 0 Å². The van der Waals surface area contributed by atoms with E-state index in [0.717, 1.165) is 54.3 Å². The van der Waals surface area contributed by atoms with Crippen LogP contribution in [0.4, 0.5) is 0 Å². The molecule has 1 nitrogen and oxygen atoms in total. The van der Waals surface area contributed by atoms with Crippen molar-refractivity contribution in [1.82, 2.24) is 0 Å². The van der Waals surface area contributed by atoms with Crippen molar-refractivity contribution < 1.29 is 5.11 Å². The second kappa shape index (κ2) is 8.24. The lowest BCUT2D eigenvalue weighted by Crippen LogP contribution is -2.50. The molecule has 1 N–H and O–H groups in total. The van der Waals surface area contributed by atoms with Crippen LogP contribution in [0.15, 0.2) is 11.6 Å². The van der Waals surface area contributed by atoms with E-state index in [1.807, 2.05) is 5.57 Å². The van der Waals surface area contributed by atoms with Gasteiger partial charge in [-0.3, -0.25) is 0 Å². The van der Waals surface area contributed by atoms with Crippen molar-refractivity contribution >= 4 is 0 Å². The molecule has 4 rings (SSSR count).